The van der Waals surface area contributed by atoms with Crippen LogP contribution < -0.4 is 5.46 Å². The SMILES string of the molecule is Brc1cccc2c1-c1ccccc1C2.Clc1ccccc1-n1c2ccccc2c2c(Br)cccc21.Clc1ccccc1-n1c2ccccc2c2c3c(ccc21)[nH]c1ccc2ccccc2c13.Clc1ccccc1I.O=[N+]([O-])c1ccc2ccccc2c1-c1cccc2c1c1ccccc1n2-c1ccccc1Cl.O=[N+]([O-])c1ccc2ccccc2c1B(O)O. The molecule has 1 aliphatic rings. The second-order valence-corrected chi connectivity index (χ2v) is 33.8. The van der Waals surface area contributed by atoms with E-state index in [1.54, 1.807) is 36.4 Å². The van der Waals surface area contributed by atoms with E-state index in [-0.39, 0.29) is 21.8 Å². The van der Waals surface area contributed by atoms with Gasteiger partial charge in [-0.25, -0.2) is 0 Å². The molecule has 3 N–H and O–H groups in total. The van der Waals surface area contributed by atoms with Crippen molar-refractivity contribution in [1.29, 1.82) is 0 Å². The van der Waals surface area contributed by atoms with Gasteiger partial charge < -0.3 is 28.7 Å². The lowest BCUT2D eigenvalue weighted by Crippen LogP contribution is -2.32. The Kier molecular flexibility index (Phi) is 23.3. The van der Waals surface area contributed by atoms with Crippen molar-refractivity contribution in [3.63, 3.8) is 0 Å². The summed E-state index contributed by atoms with van der Waals surface area (Å²) in [6, 6.07) is 122. The molecule has 0 atom stereocenters. The molecular formula is C103H66BBr2Cl4IN6O6. The standard InChI is InChI=1S/C28H17ClN2O2.C28H17ClN2.C18H11BrClN.C13H9Br.C10H8BNO4.C6H4ClI/c29-22-12-4-6-14-24(22)30-23-13-5-3-10-20(23)28-21(11-7-15-25(28)30)27-19-9-2-1-8-18(19)16-17-26(27)31(32)33;29-20-10-4-6-12-24(20)31-23-11-5-3-9-19(23)27-25(31)16-15-22-28(27)26-18-8-2-1-7-17(18)13-14-21(26)30-22;19-13-7-5-11-17-18(13)12-6-1-3-9-15(12)21(17)16-10-4-2-8-14(16)20;14-12-7-3-5-10-8-9-4-1-2-6-11(9)13(10)12;13-11(14)10-8-4-2-1-3-7(8)5-6-9(10)12(15)16;7-5-3-1-2-4-6(5)8/h1-17H;1-16,30H;1-11H;1-7H,8H2;1-6,13-14H;1-4H. The van der Waals surface area contributed by atoms with Crippen molar-refractivity contribution in [2.75, 3.05) is 0 Å². The van der Waals surface area contributed by atoms with E-state index in [4.69, 9.17) is 46.4 Å². The minimum Gasteiger partial charge on any atom is -0.423 e. The molecule has 0 spiro atoms. The van der Waals surface area contributed by atoms with Gasteiger partial charge in [-0.1, -0.05) is 315 Å². The summed E-state index contributed by atoms with van der Waals surface area (Å²) < 4.78 is 10.1. The number of aromatic amines is 1. The van der Waals surface area contributed by atoms with Crippen LogP contribution in [-0.2, 0) is 6.42 Å². The number of rotatable bonds is 7. The minimum atomic E-state index is -1.86. The molecule has 0 radical (unpaired) electrons. The van der Waals surface area contributed by atoms with Gasteiger partial charge in [0.15, 0.2) is 0 Å². The van der Waals surface area contributed by atoms with Crippen molar-refractivity contribution in [2.24, 2.45) is 0 Å². The molecule has 0 unspecified atom stereocenters. The van der Waals surface area contributed by atoms with Gasteiger partial charge in [-0.3, -0.25) is 20.2 Å². The fraction of sp³-hybridized carbons (Fsp3) is 0.00971. The lowest BCUT2D eigenvalue weighted by Gasteiger charge is -2.12. The molecule has 0 aliphatic heterocycles. The fourth-order valence-electron chi connectivity index (χ4n) is 17.1. The van der Waals surface area contributed by atoms with E-state index in [0.29, 0.717) is 16.0 Å². The molecule has 1 aliphatic carbocycles. The van der Waals surface area contributed by atoms with Crippen LogP contribution >= 0.6 is 101 Å². The summed E-state index contributed by atoms with van der Waals surface area (Å²) in [6.45, 7) is 0. The number of para-hydroxylation sites is 6. The Hall–Kier alpha value is -12.4. The molecule has 20 heteroatoms. The normalized spacial score (nSPS) is 11.4. The zero-order chi connectivity index (χ0) is 84.7. The largest absolute Gasteiger partial charge is 0.496 e. The Morgan fingerprint density at radius 2 is 0.715 bits per heavy atom. The Labute approximate surface area is 755 Å². The summed E-state index contributed by atoms with van der Waals surface area (Å²) in [5, 5.41) is 59.2. The number of hydrogen-bond acceptors (Lipinski definition) is 6. The Morgan fingerprint density at radius 1 is 0.325 bits per heavy atom. The molecule has 0 saturated heterocycles. The summed E-state index contributed by atoms with van der Waals surface area (Å²) >= 11 is 34.9. The van der Waals surface area contributed by atoms with E-state index in [2.05, 4.69) is 255 Å². The molecular weight excluding hydrogens is 1860 g/mol. The average Bonchev–Trinajstić information content (AvgIpc) is 1.56. The van der Waals surface area contributed by atoms with E-state index in [0.717, 1.165) is 123 Å². The van der Waals surface area contributed by atoms with E-state index in [1.165, 1.54) is 75.9 Å². The Balaban J connectivity index is 0.000000106. The highest BCUT2D eigenvalue weighted by molar-refractivity contribution is 14.1. The van der Waals surface area contributed by atoms with Crippen LogP contribution in [0.3, 0.4) is 0 Å². The first-order chi connectivity index (χ1) is 60.0. The molecule has 0 bridgehead atoms. The molecule has 22 aromatic rings. The number of nitro groups is 2. The molecule has 0 amide bonds. The van der Waals surface area contributed by atoms with Crippen molar-refractivity contribution in [3.8, 4) is 39.3 Å². The smallest absolute Gasteiger partial charge is 0.423 e. The maximum Gasteiger partial charge on any atom is 0.496 e. The highest BCUT2D eigenvalue weighted by atomic mass is 127. The highest BCUT2D eigenvalue weighted by Crippen LogP contribution is 2.48. The van der Waals surface area contributed by atoms with Crippen LogP contribution in [-0.4, -0.2) is 45.7 Å². The van der Waals surface area contributed by atoms with Crippen LogP contribution in [0.1, 0.15) is 11.1 Å². The van der Waals surface area contributed by atoms with E-state index in [1.807, 2.05) is 146 Å². The maximum absolute atomic E-state index is 12.1. The molecule has 4 aromatic heterocycles. The van der Waals surface area contributed by atoms with Gasteiger partial charge >= 0.3 is 7.12 Å². The summed E-state index contributed by atoms with van der Waals surface area (Å²) in [5.41, 5.74) is 18.6. The summed E-state index contributed by atoms with van der Waals surface area (Å²) in [6.07, 6.45) is 1.07. The third-order valence-corrected chi connectivity index (χ3v) is 26.1. The molecule has 23 rings (SSSR count). The summed E-state index contributed by atoms with van der Waals surface area (Å²) in [4.78, 5) is 25.6. The molecule has 596 valence electrons. The van der Waals surface area contributed by atoms with Gasteiger partial charge in [0, 0.05) is 78.8 Å². The predicted molar refractivity (Wildman–Crippen MR) is 529 cm³/mol. The monoisotopic (exact) mass is 1920 g/mol. The fourth-order valence-corrected chi connectivity index (χ4v) is 19.5. The number of H-pyrrole nitrogens is 1. The van der Waals surface area contributed by atoms with Gasteiger partial charge in [-0.2, -0.15) is 0 Å². The highest BCUT2D eigenvalue weighted by Gasteiger charge is 2.29. The van der Waals surface area contributed by atoms with Gasteiger partial charge in [-0.05, 0) is 210 Å². The van der Waals surface area contributed by atoms with Crippen LogP contribution in [0.2, 0.25) is 20.1 Å². The zero-order valence-electron chi connectivity index (χ0n) is 64.9. The summed E-state index contributed by atoms with van der Waals surface area (Å²) in [7, 11) is -1.86. The minimum absolute atomic E-state index is 0.0666. The first kappa shape index (κ1) is 81.6. The predicted octanol–water partition coefficient (Wildman–Crippen LogP) is 30.0. The Bertz CT molecular complexity index is 7930. The quantitative estimate of drug-likeness (QED) is 0.0624. The lowest BCUT2D eigenvalue weighted by atomic mass is 9.76. The third-order valence-electron chi connectivity index (χ3n) is 22.3. The number of nitrogens with one attached hydrogen (secondary N) is 1. The van der Waals surface area contributed by atoms with Gasteiger partial charge in [0.25, 0.3) is 11.4 Å². The number of nitro benzene ring substituents is 2. The van der Waals surface area contributed by atoms with Gasteiger partial charge in [0.05, 0.1) is 91.1 Å². The maximum atomic E-state index is 12.1. The van der Waals surface area contributed by atoms with Gasteiger partial charge in [0.2, 0.25) is 0 Å². The number of aromatic nitrogens is 4. The van der Waals surface area contributed by atoms with Crippen molar-refractivity contribution in [1.82, 2.24) is 18.7 Å². The van der Waals surface area contributed by atoms with E-state index < -0.39 is 12.0 Å². The van der Waals surface area contributed by atoms with E-state index in [9.17, 15) is 30.3 Å². The third kappa shape index (κ3) is 15.4. The van der Waals surface area contributed by atoms with Crippen molar-refractivity contribution >= 4 is 244 Å². The van der Waals surface area contributed by atoms with Crippen LogP contribution in [0.5, 0.6) is 0 Å². The number of nitrogens with zero attached hydrogens (tertiary/aromatic N) is 5. The number of hydrogen-bond donors (Lipinski definition) is 3. The molecule has 123 heavy (non-hydrogen) atoms. The van der Waals surface area contributed by atoms with Crippen molar-refractivity contribution < 1.29 is 19.9 Å². The second kappa shape index (κ2) is 35.2. The van der Waals surface area contributed by atoms with E-state index >= 15 is 0 Å². The van der Waals surface area contributed by atoms with Crippen LogP contribution in [0, 0.1) is 23.8 Å². The number of fused-ring (bicyclic) bond motifs is 20. The molecule has 0 saturated carbocycles. The second-order valence-electron chi connectivity index (χ2n) is 29.3. The number of halogens is 7. The van der Waals surface area contributed by atoms with Gasteiger partial charge in [-0.15, -0.1) is 0 Å². The first-order valence-corrected chi connectivity index (χ1v) is 43.4. The number of benzene rings is 18. The first-order valence-electron chi connectivity index (χ1n) is 39.3. The Morgan fingerprint density at radius 3 is 1.28 bits per heavy atom. The summed E-state index contributed by atoms with van der Waals surface area (Å²) in [5.74, 6) is 0. The molecule has 12 nitrogen and oxygen atoms in total. The zero-order valence-corrected chi connectivity index (χ0v) is 73.3. The van der Waals surface area contributed by atoms with Crippen molar-refractivity contribution in [2.45, 2.75) is 6.42 Å². The van der Waals surface area contributed by atoms with Crippen LogP contribution in [0.15, 0.2) is 379 Å². The van der Waals surface area contributed by atoms with Gasteiger partial charge in [0.1, 0.15) is 0 Å². The van der Waals surface area contributed by atoms with Crippen LogP contribution in [0.25, 0.3) is 159 Å². The lowest BCUT2D eigenvalue weighted by molar-refractivity contribution is -0.384. The topological polar surface area (TPSA) is 157 Å². The molecule has 0 fully saturated rings. The molecule has 4 heterocycles. The average molecular weight is 1920 g/mol. The molecule has 18 aromatic carbocycles. The van der Waals surface area contributed by atoms with Crippen LogP contribution in [0.4, 0.5) is 11.4 Å². The van der Waals surface area contributed by atoms with Crippen molar-refractivity contribution in [3.05, 3.63) is 434 Å².